The van der Waals surface area contributed by atoms with Crippen LogP contribution in [-0.2, 0) is 19.4 Å². The van der Waals surface area contributed by atoms with E-state index in [9.17, 15) is 4.79 Å². The molecule has 5 nitrogen and oxygen atoms in total. The highest BCUT2D eigenvalue weighted by molar-refractivity contribution is 7.11. The van der Waals surface area contributed by atoms with E-state index in [-0.39, 0.29) is 5.91 Å². The number of amides is 1. The summed E-state index contributed by atoms with van der Waals surface area (Å²) in [7, 11) is 0. The summed E-state index contributed by atoms with van der Waals surface area (Å²) in [6.45, 7) is 7.17. The van der Waals surface area contributed by atoms with Gasteiger partial charge in [0.2, 0.25) is 0 Å². The number of hydrogen-bond donors (Lipinski definition) is 0. The van der Waals surface area contributed by atoms with Crippen molar-refractivity contribution in [1.82, 2.24) is 14.8 Å². The first-order valence-corrected chi connectivity index (χ1v) is 11.3. The van der Waals surface area contributed by atoms with Gasteiger partial charge in [-0.1, -0.05) is 13.3 Å². The lowest BCUT2D eigenvalue weighted by molar-refractivity contribution is 0.0628. The Labute approximate surface area is 171 Å². The average Bonchev–Trinajstić information content (AvgIpc) is 3.30. The van der Waals surface area contributed by atoms with Crippen LogP contribution in [-0.4, -0.2) is 53.5 Å². The van der Waals surface area contributed by atoms with E-state index in [0.29, 0.717) is 0 Å². The van der Waals surface area contributed by atoms with E-state index >= 15 is 0 Å². The van der Waals surface area contributed by atoms with E-state index in [4.69, 9.17) is 9.72 Å². The normalized spacial score (nSPS) is 17.0. The minimum absolute atomic E-state index is 0.119. The van der Waals surface area contributed by atoms with Gasteiger partial charge in [-0.2, -0.15) is 0 Å². The van der Waals surface area contributed by atoms with Gasteiger partial charge < -0.3 is 9.64 Å². The van der Waals surface area contributed by atoms with Crippen molar-refractivity contribution >= 4 is 17.2 Å². The van der Waals surface area contributed by atoms with Crippen LogP contribution in [0.4, 0.5) is 0 Å². The number of nitrogens with zero attached hydrogens (tertiary/aromatic N) is 3. The first-order chi connectivity index (χ1) is 13.7. The molecule has 150 valence electrons. The molecule has 0 spiro atoms. The molecule has 0 radical (unpaired) electrons. The molecule has 4 rings (SSSR count). The number of aryl methyl sites for hydroxylation is 2. The first-order valence-electron chi connectivity index (χ1n) is 10.4. The molecule has 2 heterocycles. The summed E-state index contributed by atoms with van der Waals surface area (Å²) in [5, 5.41) is 1.24. The van der Waals surface area contributed by atoms with Crippen molar-refractivity contribution in [2.45, 2.75) is 45.6 Å². The fraction of sp³-hybridized carbons (Fsp3) is 0.545. The highest BCUT2D eigenvalue weighted by Gasteiger charge is 2.24. The number of aromatic nitrogens is 1. The van der Waals surface area contributed by atoms with Gasteiger partial charge in [0.25, 0.3) is 5.91 Å². The van der Waals surface area contributed by atoms with Gasteiger partial charge in [-0.25, -0.2) is 4.98 Å². The maximum absolute atomic E-state index is 12.8. The van der Waals surface area contributed by atoms with Gasteiger partial charge in [-0.15, -0.1) is 11.3 Å². The quantitative estimate of drug-likeness (QED) is 0.665. The fourth-order valence-electron chi connectivity index (χ4n) is 3.82. The predicted molar refractivity (Wildman–Crippen MR) is 112 cm³/mol. The monoisotopic (exact) mass is 399 g/mol. The Morgan fingerprint density at radius 3 is 2.64 bits per heavy atom. The van der Waals surface area contributed by atoms with E-state index in [1.165, 1.54) is 28.4 Å². The molecule has 2 aromatic rings. The third kappa shape index (κ3) is 4.55. The molecule has 1 saturated heterocycles. The summed E-state index contributed by atoms with van der Waals surface area (Å²) in [6, 6.07) is 7.57. The zero-order valence-corrected chi connectivity index (χ0v) is 17.5. The Morgan fingerprint density at radius 1 is 1.14 bits per heavy atom. The Hall–Kier alpha value is -1.92. The van der Waals surface area contributed by atoms with Gasteiger partial charge in [0.15, 0.2) is 0 Å². The Kier molecular flexibility index (Phi) is 6.27. The molecule has 1 amide bonds. The number of rotatable bonds is 7. The second kappa shape index (κ2) is 9.05. The van der Waals surface area contributed by atoms with Crippen LogP contribution in [0.3, 0.4) is 0 Å². The third-order valence-corrected chi connectivity index (χ3v) is 6.67. The number of thiazole rings is 1. The van der Waals surface area contributed by atoms with Crippen molar-refractivity contribution in [3.05, 3.63) is 45.4 Å². The van der Waals surface area contributed by atoms with E-state index in [2.05, 4.69) is 11.8 Å². The van der Waals surface area contributed by atoms with Crippen molar-refractivity contribution < 1.29 is 9.53 Å². The van der Waals surface area contributed by atoms with Crippen LogP contribution in [0.2, 0.25) is 0 Å². The van der Waals surface area contributed by atoms with Crippen LogP contribution in [0.15, 0.2) is 24.3 Å². The first kappa shape index (κ1) is 19.4. The highest BCUT2D eigenvalue weighted by Crippen LogP contribution is 2.28. The lowest BCUT2D eigenvalue weighted by atomic mass is 10.1. The van der Waals surface area contributed by atoms with Crippen LogP contribution in [0.5, 0.6) is 5.75 Å². The average molecular weight is 400 g/mol. The second-order valence-electron chi connectivity index (χ2n) is 7.63. The molecular formula is C22H29N3O2S. The number of unbranched alkanes of at least 4 members (excludes halogenated alkanes) is 1. The Bertz CT molecular complexity index is 773. The topological polar surface area (TPSA) is 45.7 Å². The zero-order valence-electron chi connectivity index (χ0n) is 16.7. The molecule has 1 aromatic heterocycles. The number of hydrogen-bond acceptors (Lipinski definition) is 5. The molecule has 0 saturated carbocycles. The van der Waals surface area contributed by atoms with Gasteiger partial charge in [0.05, 0.1) is 18.8 Å². The maximum Gasteiger partial charge on any atom is 0.253 e. The van der Waals surface area contributed by atoms with Crippen molar-refractivity contribution in [3.8, 4) is 5.75 Å². The van der Waals surface area contributed by atoms with E-state index in [1.807, 2.05) is 40.5 Å². The minimum atomic E-state index is 0.119. The highest BCUT2D eigenvalue weighted by atomic mass is 32.1. The van der Waals surface area contributed by atoms with Crippen LogP contribution in [0.1, 0.15) is 52.1 Å². The maximum atomic E-state index is 12.8. The molecule has 1 aliphatic heterocycles. The van der Waals surface area contributed by atoms with Crippen molar-refractivity contribution in [2.75, 3.05) is 32.8 Å². The lowest BCUT2D eigenvalue weighted by Gasteiger charge is -2.34. The fourth-order valence-corrected chi connectivity index (χ4v) is 5.02. The lowest BCUT2D eigenvalue weighted by Crippen LogP contribution is -2.48. The molecule has 0 atom stereocenters. The predicted octanol–water partition coefficient (Wildman–Crippen LogP) is 3.77. The van der Waals surface area contributed by atoms with Gasteiger partial charge in [0, 0.05) is 36.6 Å². The zero-order chi connectivity index (χ0) is 19.3. The van der Waals surface area contributed by atoms with Gasteiger partial charge in [-0.05, 0) is 49.9 Å². The molecule has 28 heavy (non-hydrogen) atoms. The van der Waals surface area contributed by atoms with Crippen LogP contribution >= 0.6 is 11.3 Å². The van der Waals surface area contributed by atoms with E-state index in [0.717, 1.165) is 69.9 Å². The van der Waals surface area contributed by atoms with Crippen molar-refractivity contribution in [3.63, 3.8) is 0 Å². The molecule has 2 aliphatic rings. The summed E-state index contributed by atoms with van der Waals surface area (Å²) >= 11 is 1.88. The number of ether oxygens (including phenoxy) is 1. The van der Waals surface area contributed by atoms with Crippen LogP contribution in [0.25, 0.3) is 0 Å². The van der Waals surface area contributed by atoms with Gasteiger partial charge >= 0.3 is 0 Å². The van der Waals surface area contributed by atoms with E-state index < -0.39 is 0 Å². The van der Waals surface area contributed by atoms with Gasteiger partial charge in [0.1, 0.15) is 10.8 Å². The summed E-state index contributed by atoms with van der Waals surface area (Å²) in [6.07, 6.45) is 5.79. The number of carbonyl (C=O) groups excluding carboxylic acids is 1. The number of benzene rings is 1. The van der Waals surface area contributed by atoms with Crippen LogP contribution < -0.4 is 4.74 Å². The van der Waals surface area contributed by atoms with E-state index in [1.54, 1.807) is 0 Å². The minimum Gasteiger partial charge on any atom is -0.494 e. The summed E-state index contributed by atoms with van der Waals surface area (Å²) in [4.78, 5) is 23.5. The SMILES string of the molecule is CCCCOc1ccc(C(=O)N2CCN(Cc3nc4c(s3)CCC4)CC2)cc1. The molecule has 0 N–H and O–H groups in total. The summed E-state index contributed by atoms with van der Waals surface area (Å²) < 4.78 is 5.68. The largest absolute Gasteiger partial charge is 0.494 e. The van der Waals surface area contributed by atoms with Crippen LogP contribution in [0, 0.1) is 0 Å². The second-order valence-corrected chi connectivity index (χ2v) is 8.79. The van der Waals surface area contributed by atoms with Crippen molar-refractivity contribution in [2.24, 2.45) is 0 Å². The number of fused-ring (bicyclic) bond motifs is 1. The number of carbonyl (C=O) groups is 1. The molecule has 6 heteroatoms. The molecule has 1 fully saturated rings. The molecule has 0 unspecified atom stereocenters. The summed E-state index contributed by atoms with van der Waals surface area (Å²) in [5.74, 6) is 0.957. The Morgan fingerprint density at radius 2 is 1.93 bits per heavy atom. The molecular weight excluding hydrogens is 370 g/mol. The standard InChI is InChI=1S/C22H29N3O2S/c1-2-3-15-27-18-9-7-17(8-10-18)22(26)25-13-11-24(12-14-25)16-21-23-19-5-4-6-20(19)28-21/h7-10H,2-6,11-16H2,1H3. The molecule has 0 bridgehead atoms. The Balaban J connectivity index is 1.26. The number of piperazine rings is 1. The summed E-state index contributed by atoms with van der Waals surface area (Å²) in [5.41, 5.74) is 2.07. The molecule has 1 aromatic carbocycles. The third-order valence-electron chi connectivity index (χ3n) is 5.53. The smallest absolute Gasteiger partial charge is 0.253 e. The molecule has 1 aliphatic carbocycles. The van der Waals surface area contributed by atoms with Gasteiger partial charge in [-0.3, -0.25) is 9.69 Å². The van der Waals surface area contributed by atoms with Crippen molar-refractivity contribution in [1.29, 1.82) is 0 Å².